The fourth-order valence-electron chi connectivity index (χ4n) is 4.33. The van der Waals surface area contributed by atoms with Crippen molar-refractivity contribution >= 4 is 5.91 Å². The summed E-state index contributed by atoms with van der Waals surface area (Å²) in [5, 5.41) is 10.8. The molecule has 0 aliphatic carbocycles. The van der Waals surface area contributed by atoms with Crippen LogP contribution in [0, 0.1) is 5.92 Å². The smallest absolute Gasteiger partial charge is 0.223 e. The van der Waals surface area contributed by atoms with Crippen LogP contribution in [0.5, 0.6) is 5.75 Å². The second-order valence-electron chi connectivity index (χ2n) is 7.96. The molecule has 0 radical (unpaired) electrons. The van der Waals surface area contributed by atoms with E-state index in [9.17, 15) is 9.90 Å². The zero-order chi connectivity index (χ0) is 18.7. The van der Waals surface area contributed by atoms with Crippen LogP contribution in [0.1, 0.15) is 51.0 Å². The number of ether oxygens (including phenoxy) is 2. The van der Waals surface area contributed by atoms with Crippen molar-refractivity contribution in [1.82, 2.24) is 4.90 Å². The molecule has 4 unspecified atom stereocenters. The molecule has 5 heteroatoms. The second kappa shape index (κ2) is 7.97. The summed E-state index contributed by atoms with van der Waals surface area (Å²) in [4.78, 5) is 15.0. The molecule has 1 aromatic carbocycles. The molecule has 1 amide bonds. The van der Waals surface area contributed by atoms with Crippen molar-refractivity contribution in [3.8, 4) is 5.75 Å². The molecule has 4 atom stereocenters. The Labute approximate surface area is 156 Å². The second-order valence-corrected chi connectivity index (χ2v) is 7.96. The number of carbonyl (C=O) groups excluding carboxylic acids is 1. The Balaban J connectivity index is 1.66. The average molecular weight is 361 g/mol. The van der Waals surface area contributed by atoms with E-state index in [0.717, 1.165) is 30.7 Å². The van der Waals surface area contributed by atoms with Crippen molar-refractivity contribution in [2.45, 2.75) is 57.1 Å². The van der Waals surface area contributed by atoms with Crippen LogP contribution in [0.4, 0.5) is 0 Å². The van der Waals surface area contributed by atoms with Gasteiger partial charge < -0.3 is 19.5 Å². The van der Waals surface area contributed by atoms with Gasteiger partial charge in [0.05, 0.1) is 19.3 Å². The Morgan fingerprint density at radius 3 is 2.81 bits per heavy atom. The zero-order valence-electron chi connectivity index (χ0n) is 16.1. The van der Waals surface area contributed by atoms with Crippen molar-refractivity contribution in [3.05, 3.63) is 29.8 Å². The number of methoxy groups -OCH3 is 1. The Kier molecular flexibility index (Phi) is 5.88. The molecular weight excluding hydrogens is 330 g/mol. The average Bonchev–Trinajstić information content (AvgIpc) is 3.10. The van der Waals surface area contributed by atoms with E-state index in [1.54, 1.807) is 7.11 Å². The minimum atomic E-state index is -0.757. The van der Waals surface area contributed by atoms with Gasteiger partial charge in [0.25, 0.3) is 0 Å². The van der Waals surface area contributed by atoms with Crippen LogP contribution >= 0.6 is 0 Å². The molecule has 2 saturated heterocycles. The van der Waals surface area contributed by atoms with Gasteiger partial charge in [-0.15, -0.1) is 0 Å². The first kappa shape index (κ1) is 19.2. The lowest BCUT2D eigenvalue weighted by atomic mass is 9.79. The number of hydrogen-bond acceptors (Lipinski definition) is 4. The predicted octanol–water partition coefficient (Wildman–Crippen LogP) is 2.97. The molecule has 2 aliphatic rings. The molecule has 26 heavy (non-hydrogen) atoms. The monoisotopic (exact) mass is 361 g/mol. The van der Waals surface area contributed by atoms with Crippen LogP contribution < -0.4 is 4.74 Å². The van der Waals surface area contributed by atoms with Gasteiger partial charge in [-0.3, -0.25) is 4.79 Å². The van der Waals surface area contributed by atoms with E-state index in [0.29, 0.717) is 26.1 Å². The van der Waals surface area contributed by atoms with E-state index in [1.165, 1.54) is 0 Å². The fourth-order valence-corrected chi connectivity index (χ4v) is 4.33. The fraction of sp³-hybridized carbons (Fsp3) is 0.667. The lowest BCUT2D eigenvalue weighted by molar-refractivity contribution is -0.145. The van der Waals surface area contributed by atoms with Gasteiger partial charge in [-0.1, -0.05) is 19.1 Å². The topological polar surface area (TPSA) is 59.0 Å². The number of carbonyl (C=O) groups is 1. The lowest BCUT2D eigenvalue weighted by Gasteiger charge is -2.43. The first-order valence-corrected chi connectivity index (χ1v) is 9.66. The maximum absolute atomic E-state index is 13.0. The van der Waals surface area contributed by atoms with Crippen molar-refractivity contribution in [1.29, 1.82) is 0 Å². The van der Waals surface area contributed by atoms with E-state index in [2.05, 4.69) is 6.92 Å². The molecule has 1 N–H and O–H groups in total. The molecule has 0 spiro atoms. The standard InChI is InChI=1S/C21H31NO4/c1-15(16-6-8-17(25-3)9-7-16)13-20(23)22-11-4-5-19(22)18-14-26-12-10-21(18,2)24/h6-9,15,18-19,24H,4-5,10-14H2,1-3H3. The van der Waals surface area contributed by atoms with Gasteiger partial charge in [0.2, 0.25) is 5.91 Å². The molecule has 2 aliphatic heterocycles. The molecule has 0 bridgehead atoms. The number of aliphatic hydroxyl groups is 1. The predicted molar refractivity (Wildman–Crippen MR) is 100 cm³/mol. The van der Waals surface area contributed by atoms with Crippen molar-refractivity contribution in [3.63, 3.8) is 0 Å². The van der Waals surface area contributed by atoms with Gasteiger partial charge in [-0.25, -0.2) is 0 Å². The normalized spacial score (nSPS) is 30.2. The summed E-state index contributed by atoms with van der Waals surface area (Å²) in [6.45, 7) is 5.89. The highest BCUT2D eigenvalue weighted by atomic mass is 16.5. The van der Waals surface area contributed by atoms with Crippen molar-refractivity contribution < 1.29 is 19.4 Å². The molecule has 2 fully saturated rings. The highest BCUT2D eigenvalue weighted by Gasteiger charge is 2.45. The summed E-state index contributed by atoms with van der Waals surface area (Å²) in [6, 6.07) is 8.01. The van der Waals surface area contributed by atoms with Crippen LogP contribution in [-0.4, -0.2) is 54.4 Å². The van der Waals surface area contributed by atoms with E-state index in [1.807, 2.05) is 36.1 Å². The summed E-state index contributed by atoms with van der Waals surface area (Å²) in [7, 11) is 1.65. The number of likely N-dealkylation sites (tertiary alicyclic amines) is 1. The first-order valence-electron chi connectivity index (χ1n) is 9.66. The van der Waals surface area contributed by atoms with E-state index >= 15 is 0 Å². The van der Waals surface area contributed by atoms with Crippen LogP contribution in [0.25, 0.3) is 0 Å². The quantitative estimate of drug-likeness (QED) is 0.876. The molecular formula is C21H31NO4. The van der Waals surface area contributed by atoms with Gasteiger partial charge >= 0.3 is 0 Å². The highest BCUT2D eigenvalue weighted by Crippen LogP contribution is 2.36. The largest absolute Gasteiger partial charge is 0.497 e. The molecule has 0 saturated carbocycles. The van der Waals surface area contributed by atoms with Crippen molar-refractivity contribution in [2.24, 2.45) is 5.92 Å². The third-order valence-corrected chi connectivity index (χ3v) is 6.10. The number of benzene rings is 1. The summed E-state index contributed by atoms with van der Waals surface area (Å²) in [6.07, 6.45) is 3.07. The maximum atomic E-state index is 13.0. The number of hydrogen-bond donors (Lipinski definition) is 1. The molecule has 5 nitrogen and oxygen atoms in total. The Bertz CT molecular complexity index is 613. The van der Waals surface area contributed by atoms with E-state index < -0.39 is 5.60 Å². The number of amides is 1. The first-order chi connectivity index (χ1) is 12.4. The SMILES string of the molecule is COc1ccc(C(C)CC(=O)N2CCCC2C2COCCC2(C)O)cc1. The summed E-state index contributed by atoms with van der Waals surface area (Å²) in [5.41, 5.74) is 0.385. The van der Waals surface area contributed by atoms with E-state index in [4.69, 9.17) is 9.47 Å². The summed E-state index contributed by atoms with van der Waals surface area (Å²) < 4.78 is 10.8. The zero-order valence-corrected chi connectivity index (χ0v) is 16.1. The highest BCUT2D eigenvalue weighted by molar-refractivity contribution is 5.77. The van der Waals surface area contributed by atoms with Crippen LogP contribution in [0.2, 0.25) is 0 Å². The summed E-state index contributed by atoms with van der Waals surface area (Å²) in [5.74, 6) is 1.15. The molecule has 0 aromatic heterocycles. The Hall–Kier alpha value is -1.59. The molecule has 3 rings (SSSR count). The van der Waals surface area contributed by atoms with Gasteiger partial charge in [0.1, 0.15) is 5.75 Å². The maximum Gasteiger partial charge on any atom is 0.223 e. The third-order valence-electron chi connectivity index (χ3n) is 6.10. The Morgan fingerprint density at radius 2 is 2.15 bits per heavy atom. The number of rotatable bonds is 5. The molecule has 1 aromatic rings. The molecule has 144 valence electrons. The van der Waals surface area contributed by atoms with Crippen LogP contribution in [0.15, 0.2) is 24.3 Å². The van der Waals surface area contributed by atoms with Crippen molar-refractivity contribution in [2.75, 3.05) is 26.9 Å². The third kappa shape index (κ3) is 4.04. The van der Waals surface area contributed by atoms with Gasteiger partial charge in [0, 0.05) is 31.5 Å². The Morgan fingerprint density at radius 1 is 1.42 bits per heavy atom. The number of nitrogens with zero attached hydrogens (tertiary/aromatic N) is 1. The molecule has 2 heterocycles. The van der Waals surface area contributed by atoms with Gasteiger partial charge in [-0.2, -0.15) is 0 Å². The van der Waals surface area contributed by atoms with E-state index in [-0.39, 0.29) is 23.8 Å². The minimum absolute atomic E-state index is 0.000933. The summed E-state index contributed by atoms with van der Waals surface area (Å²) >= 11 is 0. The van der Waals surface area contributed by atoms with Crippen LogP contribution in [-0.2, 0) is 9.53 Å². The minimum Gasteiger partial charge on any atom is -0.497 e. The van der Waals surface area contributed by atoms with Gasteiger partial charge in [0.15, 0.2) is 0 Å². The lowest BCUT2D eigenvalue weighted by Crippen LogP contribution is -2.53. The van der Waals surface area contributed by atoms with Gasteiger partial charge in [-0.05, 0) is 49.8 Å². The van der Waals surface area contributed by atoms with Crippen LogP contribution in [0.3, 0.4) is 0 Å².